The van der Waals surface area contributed by atoms with Gasteiger partial charge >= 0.3 is 16.4 Å². The number of aromatic nitrogens is 2. The Morgan fingerprint density at radius 3 is 2.81 bits per heavy atom. The van der Waals surface area contributed by atoms with Gasteiger partial charge in [0.25, 0.3) is 0 Å². The first kappa shape index (κ1) is 14.2. The summed E-state index contributed by atoms with van der Waals surface area (Å²) in [6, 6.07) is -1.59. The summed E-state index contributed by atoms with van der Waals surface area (Å²) in [5.74, 6) is 0.501. The van der Waals surface area contributed by atoms with Gasteiger partial charge in [0.15, 0.2) is 0 Å². The van der Waals surface area contributed by atoms with E-state index in [1.807, 2.05) is 0 Å². The number of amides is 2. The fourth-order valence-corrected chi connectivity index (χ4v) is 2.96. The Hall–Kier alpha value is -1.76. The number of urea groups is 1. The molecule has 21 heavy (non-hydrogen) atoms. The number of hydrogen-bond acceptors (Lipinski definition) is 8. The van der Waals surface area contributed by atoms with Gasteiger partial charge < -0.3 is 15.1 Å². The van der Waals surface area contributed by atoms with Gasteiger partial charge in [-0.2, -0.15) is 13.5 Å². The number of carbonyl (C=O) groups excluding carboxylic acids is 1. The molecule has 2 amide bonds. The van der Waals surface area contributed by atoms with E-state index in [0.29, 0.717) is 17.9 Å². The zero-order valence-electron chi connectivity index (χ0n) is 10.7. The number of hydrogen-bond donors (Lipinski definition) is 2. The van der Waals surface area contributed by atoms with Crippen molar-refractivity contribution in [2.45, 2.75) is 31.5 Å². The van der Waals surface area contributed by atoms with Crippen molar-refractivity contribution < 1.29 is 26.5 Å². The number of nitrogens with two attached hydrogens (primary N) is 1. The highest BCUT2D eigenvalue weighted by Crippen LogP contribution is 2.38. The first-order valence-electron chi connectivity index (χ1n) is 6.18. The topological polar surface area (TPSA) is 152 Å². The Morgan fingerprint density at radius 1 is 1.43 bits per heavy atom. The van der Waals surface area contributed by atoms with Gasteiger partial charge in [0, 0.05) is 6.54 Å². The monoisotopic (exact) mass is 319 g/mol. The van der Waals surface area contributed by atoms with Crippen LogP contribution in [0, 0.1) is 0 Å². The molecule has 2 aliphatic heterocycles. The van der Waals surface area contributed by atoms with Crippen LogP contribution in [-0.4, -0.2) is 51.7 Å². The van der Waals surface area contributed by atoms with Gasteiger partial charge in [-0.15, -0.1) is 14.5 Å². The standard InChI is InChI=1S/C9H13N5O6S/c10-3-7-11-12-8(19-7)6-2-1-5-4-13(6)9(15)14(5)20-21(16,17)18/h5-6H,1-4,10H2,(H,16,17,18)/t5-,6?/m1/s1. The lowest BCUT2D eigenvalue weighted by atomic mass is 10.0. The average molecular weight is 319 g/mol. The molecule has 116 valence electrons. The summed E-state index contributed by atoms with van der Waals surface area (Å²) < 4.78 is 39.9. The normalized spacial score (nSPS) is 25.7. The van der Waals surface area contributed by atoms with Gasteiger partial charge in [-0.25, -0.2) is 4.79 Å². The third kappa shape index (κ3) is 2.57. The molecule has 0 spiro atoms. The maximum atomic E-state index is 12.2. The fourth-order valence-electron chi connectivity index (χ4n) is 2.57. The van der Waals surface area contributed by atoms with Crippen LogP contribution in [0.5, 0.6) is 0 Å². The Morgan fingerprint density at radius 2 is 2.19 bits per heavy atom. The molecule has 2 saturated heterocycles. The second-order valence-electron chi connectivity index (χ2n) is 4.75. The molecule has 3 N–H and O–H groups in total. The number of fused-ring (bicyclic) bond motifs is 2. The molecule has 0 aliphatic carbocycles. The van der Waals surface area contributed by atoms with Gasteiger partial charge in [-0.1, -0.05) is 0 Å². The van der Waals surface area contributed by atoms with E-state index in [0.717, 1.165) is 0 Å². The van der Waals surface area contributed by atoms with Crippen molar-refractivity contribution in [3.05, 3.63) is 11.8 Å². The Labute approximate surface area is 119 Å². The number of carbonyl (C=O) groups is 1. The van der Waals surface area contributed by atoms with E-state index in [1.165, 1.54) is 4.90 Å². The van der Waals surface area contributed by atoms with Crippen molar-refractivity contribution in [3.8, 4) is 0 Å². The molecule has 1 aromatic rings. The molecule has 2 fully saturated rings. The van der Waals surface area contributed by atoms with Gasteiger partial charge in [0.1, 0.15) is 6.04 Å². The summed E-state index contributed by atoms with van der Waals surface area (Å²) in [4.78, 5) is 13.5. The van der Waals surface area contributed by atoms with Crippen LogP contribution in [0.1, 0.15) is 30.7 Å². The molecule has 0 radical (unpaired) electrons. The Bertz CT molecular complexity index is 659. The zero-order chi connectivity index (χ0) is 15.2. The van der Waals surface area contributed by atoms with E-state index in [2.05, 4.69) is 14.5 Å². The van der Waals surface area contributed by atoms with Crippen LogP contribution in [0.4, 0.5) is 4.79 Å². The SMILES string of the molecule is NCc1nnc(C2CC[C@@H]3CN2C(=O)N3OS(=O)(=O)O)o1. The van der Waals surface area contributed by atoms with E-state index in [-0.39, 0.29) is 24.9 Å². The Balaban J connectivity index is 1.82. The lowest BCUT2D eigenvalue weighted by Crippen LogP contribution is -2.35. The quantitative estimate of drug-likeness (QED) is 0.679. The van der Waals surface area contributed by atoms with Crippen molar-refractivity contribution >= 4 is 16.4 Å². The maximum absolute atomic E-state index is 12.2. The van der Waals surface area contributed by atoms with Crippen LogP contribution in [0.25, 0.3) is 0 Å². The average Bonchev–Trinajstić information content (AvgIpc) is 2.98. The fraction of sp³-hybridized carbons (Fsp3) is 0.667. The number of rotatable bonds is 4. The van der Waals surface area contributed by atoms with E-state index < -0.39 is 28.5 Å². The zero-order valence-corrected chi connectivity index (χ0v) is 11.6. The molecule has 0 aromatic carbocycles. The summed E-state index contributed by atoms with van der Waals surface area (Å²) in [6.07, 6.45) is 0.983. The molecular formula is C9H13N5O6S. The van der Waals surface area contributed by atoms with E-state index in [4.69, 9.17) is 14.7 Å². The van der Waals surface area contributed by atoms with Crippen LogP contribution in [0.3, 0.4) is 0 Å². The molecule has 3 rings (SSSR count). The third-order valence-corrected chi connectivity index (χ3v) is 3.79. The highest BCUT2D eigenvalue weighted by Gasteiger charge is 2.49. The number of hydroxylamine groups is 2. The predicted molar refractivity (Wildman–Crippen MR) is 64.5 cm³/mol. The van der Waals surface area contributed by atoms with Crippen LogP contribution in [-0.2, 0) is 21.2 Å². The van der Waals surface area contributed by atoms with Gasteiger partial charge in [-0.05, 0) is 12.8 Å². The van der Waals surface area contributed by atoms with E-state index >= 15 is 0 Å². The summed E-state index contributed by atoms with van der Waals surface area (Å²) in [6.45, 7) is 0.341. The molecule has 12 heteroatoms. The van der Waals surface area contributed by atoms with Crippen molar-refractivity contribution in [2.24, 2.45) is 5.73 Å². The minimum absolute atomic E-state index is 0.0916. The second-order valence-corrected chi connectivity index (χ2v) is 5.75. The lowest BCUT2D eigenvalue weighted by molar-refractivity contribution is -0.0317. The Kier molecular flexibility index (Phi) is 3.32. The van der Waals surface area contributed by atoms with Crippen molar-refractivity contribution in [3.63, 3.8) is 0 Å². The highest BCUT2D eigenvalue weighted by molar-refractivity contribution is 7.80. The highest BCUT2D eigenvalue weighted by atomic mass is 32.3. The summed E-state index contributed by atoms with van der Waals surface area (Å²) in [7, 11) is -4.75. The van der Waals surface area contributed by atoms with Crippen LogP contribution < -0.4 is 5.73 Å². The van der Waals surface area contributed by atoms with Crippen molar-refractivity contribution in [1.82, 2.24) is 20.2 Å². The lowest BCUT2D eigenvalue weighted by Gasteiger charge is -2.27. The van der Waals surface area contributed by atoms with Gasteiger partial charge in [-0.3, -0.25) is 4.55 Å². The molecular weight excluding hydrogens is 306 g/mol. The summed E-state index contributed by atoms with van der Waals surface area (Å²) in [5, 5.41) is 8.24. The van der Waals surface area contributed by atoms with E-state index in [1.54, 1.807) is 0 Å². The molecule has 2 aliphatic rings. The third-order valence-electron chi connectivity index (χ3n) is 3.44. The number of piperidine rings is 1. The molecule has 3 heterocycles. The van der Waals surface area contributed by atoms with Gasteiger partial charge in [0.05, 0.1) is 12.6 Å². The molecule has 1 aromatic heterocycles. The predicted octanol–water partition coefficient (Wildman–Crippen LogP) is -0.796. The molecule has 0 saturated carbocycles. The van der Waals surface area contributed by atoms with Crippen LogP contribution >= 0.6 is 0 Å². The molecule has 2 atom stereocenters. The van der Waals surface area contributed by atoms with Crippen molar-refractivity contribution in [1.29, 1.82) is 0 Å². The van der Waals surface area contributed by atoms with Crippen LogP contribution in [0.2, 0.25) is 0 Å². The van der Waals surface area contributed by atoms with E-state index in [9.17, 15) is 13.2 Å². The minimum Gasteiger partial charge on any atom is -0.422 e. The minimum atomic E-state index is -4.75. The van der Waals surface area contributed by atoms with Crippen molar-refractivity contribution in [2.75, 3.05) is 6.54 Å². The second kappa shape index (κ2) is 4.91. The largest absolute Gasteiger partial charge is 0.422 e. The summed E-state index contributed by atoms with van der Waals surface area (Å²) >= 11 is 0. The molecule has 1 unspecified atom stereocenters. The summed E-state index contributed by atoms with van der Waals surface area (Å²) in [5.41, 5.74) is 5.39. The smallest absolute Gasteiger partial charge is 0.418 e. The molecule has 11 nitrogen and oxygen atoms in total. The first-order chi connectivity index (χ1) is 9.89. The number of nitrogens with zero attached hydrogens (tertiary/aromatic N) is 4. The van der Waals surface area contributed by atoms with Gasteiger partial charge in [0.2, 0.25) is 11.8 Å². The maximum Gasteiger partial charge on any atom is 0.418 e. The molecule has 2 bridgehead atoms. The van der Waals surface area contributed by atoms with Crippen LogP contribution in [0.15, 0.2) is 4.42 Å². The first-order valence-corrected chi connectivity index (χ1v) is 7.54.